The number of nitrogens with zero attached hydrogens (tertiary/aromatic N) is 3. The van der Waals surface area contributed by atoms with Crippen LogP contribution in [0.2, 0.25) is 5.02 Å². The summed E-state index contributed by atoms with van der Waals surface area (Å²) in [7, 11) is 0. The third kappa shape index (κ3) is 4.21. The second kappa shape index (κ2) is 8.94. The molecule has 0 saturated carbocycles. The molecular formula is C22H15ClN4O2S2. The van der Waals surface area contributed by atoms with Crippen LogP contribution in [0.25, 0.3) is 16.6 Å². The number of amides is 1. The van der Waals surface area contributed by atoms with E-state index in [2.05, 4.69) is 10.3 Å². The largest absolute Gasteiger partial charge is 0.316 e. The van der Waals surface area contributed by atoms with E-state index in [1.165, 1.54) is 15.9 Å². The molecule has 0 aliphatic heterocycles. The molecule has 31 heavy (non-hydrogen) atoms. The van der Waals surface area contributed by atoms with E-state index in [0.717, 1.165) is 17.3 Å². The third-order valence-corrected chi connectivity index (χ3v) is 6.77. The van der Waals surface area contributed by atoms with Crippen molar-refractivity contribution < 1.29 is 4.79 Å². The Bertz CT molecular complexity index is 1400. The number of benzene rings is 2. The first kappa shape index (κ1) is 21.1. The summed E-state index contributed by atoms with van der Waals surface area (Å²) in [6, 6.07) is 16.1. The fraction of sp³-hybridized carbons (Fsp3) is 0.0909. The molecule has 0 bridgehead atoms. The van der Waals surface area contributed by atoms with Crippen LogP contribution in [-0.2, 0) is 4.79 Å². The van der Waals surface area contributed by atoms with Crippen molar-refractivity contribution in [3.63, 3.8) is 0 Å². The van der Waals surface area contributed by atoms with Crippen molar-refractivity contribution in [2.45, 2.75) is 12.1 Å². The van der Waals surface area contributed by atoms with Gasteiger partial charge in [0, 0.05) is 5.02 Å². The van der Waals surface area contributed by atoms with Crippen LogP contribution in [0.1, 0.15) is 11.1 Å². The Morgan fingerprint density at radius 3 is 2.87 bits per heavy atom. The molecule has 154 valence electrons. The van der Waals surface area contributed by atoms with Crippen LogP contribution in [0.5, 0.6) is 0 Å². The van der Waals surface area contributed by atoms with Gasteiger partial charge in [0.25, 0.3) is 5.56 Å². The summed E-state index contributed by atoms with van der Waals surface area (Å²) in [6.07, 6.45) is 0. The first-order valence-corrected chi connectivity index (χ1v) is 11.4. The highest BCUT2D eigenvalue weighted by molar-refractivity contribution is 7.99. The molecule has 0 spiro atoms. The summed E-state index contributed by atoms with van der Waals surface area (Å²) >= 11 is 8.72. The van der Waals surface area contributed by atoms with E-state index in [-0.39, 0.29) is 17.2 Å². The lowest BCUT2D eigenvalue weighted by molar-refractivity contribution is -0.113. The van der Waals surface area contributed by atoms with Gasteiger partial charge < -0.3 is 5.32 Å². The molecule has 0 aliphatic rings. The predicted molar refractivity (Wildman–Crippen MR) is 125 cm³/mol. The van der Waals surface area contributed by atoms with Crippen molar-refractivity contribution in [3.8, 4) is 11.8 Å². The quantitative estimate of drug-likeness (QED) is 0.330. The lowest BCUT2D eigenvalue weighted by atomic mass is 10.2. The maximum atomic E-state index is 13.3. The molecule has 0 radical (unpaired) electrons. The minimum Gasteiger partial charge on any atom is -0.316 e. The van der Waals surface area contributed by atoms with E-state index < -0.39 is 0 Å². The summed E-state index contributed by atoms with van der Waals surface area (Å²) in [5, 5.41) is 15.5. The number of aromatic nitrogens is 2. The summed E-state index contributed by atoms with van der Waals surface area (Å²) in [6.45, 7) is 1.83. The first-order chi connectivity index (χ1) is 15.0. The minimum absolute atomic E-state index is 0.0210. The van der Waals surface area contributed by atoms with E-state index in [1.54, 1.807) is 47.8 Å². The summed E-state index contributed by atoms with van der Waals surface area (Å²) in [4.78, 5) is 30.5. The number of fused-ring (bicyclic) bond motifs is 1. The number of carbonyl (C=O) groups excluding carboxylic acids is 1. The predicted octanol–water partition coefficient (Wildman–Crippen LogP) is 5.01. The van der Waals surface area contributed by atoms with Crippen molar-refractivity contribution in [1.29, 1.82) is 5.26 Å². The molecule has 1 amide bonds. The second-order valence-corrected chi connectivity index (χ2v) is 8.81. The zero-order chi connectivity index (χ0) is 22.0. The Balaban J connectivity index is 1.73. The van der Waals surface area contributed by atoms with Crippen molar-refractivity contribution >= 4 is 56.5 Å². The molecule has 4 rings (SSSR count). The average molecular weight is 467 g/mol. The normalized spacial score (nSPS) is 10.7. The molecule has 0 fully saturated rings. The SMILES string of the molecule is Cc1c(Cl)cccc1-n1c(SCC(=O)Nc2sccc2C#N)nc2ccccc2c1=O. The fourth-order valence-corrected chi connectivity index (χ4v) is 4.78. The Hall–Kier alpha value is -3.12. The van der Waals surface area contributed by atoms with Gasteiger partial charge in [0.05, 0.1) is 27.9 Å². The highest BCUT2D eigenvalue weighted by Crippen LogP contribution is 2.27. The van der Waals surface area contributed by atoms with Gasteiger partial charge in [-0.15, -0.1) is 11.3 Å². The van der Waals surface area contributed by atoms with Crippen LogP contribution < -0.4 is 10.9 Å². The molecule has 0 unspecified atom stereocenters. The number of halogens is 1. The van der Waals surface area contributed by atoms with Gasteiger partial charge in [0.15, 0.2) is 5.16 Å². The van der Waals surface area contributed by atoms with Gasteiger partial charge in [-0.05, 0) is 48.2 Å². The maximum absolute atomic E-state index is 13.3. The number of carbonyl (C=O) groups is 1. The van der Waals surface area contributed by atoms with Gasteiger partial charge in [-0.2, -0.15) is 5.26 Å². The number of para-hydroxylation sites is 1. The second-order valence-electron chi connectivity index (χ2n) is 6.55. The van der Waals surface area contributed by atoms with Crippen LogP contribution in [-0.4, -0.2) is 21.2 Å². The molecule has 2 heterocycles. The van der Waals surface area contributed by atoms with Crippen LogP contribution >= 0.6 is 34.7 Å². The molecule has 6 nitrogen and oxygen atoms in total. The van der Waals surface area contributed by atoms with Crippen molar-refractivity contribution in [1.82, 2.24) is 9.55 Å². The summed E-state index contributed by atoms with van der Waals surface area (Å²) < 4.78 is 1.49. The number of hydrogen-bond acceptors (Lipinski definition) is 6. The zero-order valence-corrected chi connectivity index (χ0v) is 18.6. The van der Waals surface area contributed by atoms with Gasteiger partial charge in [-0.3, -0.25) is 14.2 Å². The summed E-state index contributed by atoms with van der Waals surface area (Å²) in [5.41, 5.74) is 2.09. The van der Waals surface area contributed by atoms with E-state index in [0.29, 0.717) is 37.3 Å². The van der Waals surface area contributed by atoms with Crippen LogP contribution in [0.3, 0.4) is 0 Å². The molecule has 9 heteroatoms. The Labute approximate surface area is 191 Å². The number of thioether (sulfide) groups is 1. The minimum atomic E-state index is -0.291. The standard InChI is InChI=1S/C22H15ClN4O2S2/c1-13-16(23)6-4-8-18(13)27-21(29)15-5-2-3-7-17(15)25-22(27)31-12-19(28)26-20-14(11-24)9-10-30-20/h2-10H,12H2,1H3,(H,26,28). The Morgan fingerprint density at radius 1 is 1.26 bits per heavy atom. The van der Waals surface area contributed by atoms with Crippen molar-refractivity contribution in [2.24, 2.45) is 0 Å². The van der Waals surface area contributed by atoms with Crippen LogP contribution in [0, 0.1) is 18.3 Å². The zero-order valence-electron chi connectivity index (χ0n) is 16.3. The molecule has 0 atom stereocenters. The van der Waals surface area contributed by atoms with Gasteiger partial charge in [-0.25, -0.2) is 4.98 Å². The molecule has 1 N–H and O–H groups in total. The molecule has 4 aromatic rings. The fourth-order valence-electron chi connectivity index (χ4n) is 3.05. The number of nitrogens with one attached hydrogen (secondary N) is 1. The maximum Gasteiger partial charge on any atom is 0.266 e. The monoisotopic (exact) mass is 466 g/mol. The highest BCUT2D eigenvalue weighted by Gasteiger charge is 2.17. The number of thiophene rings is 1. The number of hydrogen-bond donors (Lipinski definition) is 1. The smallest absolute Gasteiger partial charge is 0.266 e. The highest BCUT2D eigenvalue weighted by atomic mass is 35.5. The van der Waals surface area contributed by atoms with E-state index >= 15 is 0 Å². The Morgan fingerprint density at radius 2 is 2.06 bits per heavy atom. The lowest BCUT2D eigenvalue weighted by Gasteiger charge is -2.15. The number of anilines is 1. The first-order valence-electron chi connectivity index (χ1n) is 9.17. The molecule has 2 aromatic heterocycles. The molecular weight excluding hydrogens is 452 g/mol. The van der Waals surface area contributed by atoms with Gasteiger partial charge in [0.2, 0.25) is 5.91 Å². The molecule has 0 saturated heterocycles. The van der Waals surface area contributed by atoms with Crippen LogP contribution in [0.15, 0.2) is 63.9 Å². The third-order valence-electron chi connectivity index (χ3n) is 4.60. The van der Waals surface area contributed by atoms with E-state index in [9.17, 15) is 9.59 Å². The van der Waals surface area contributed by atoms with Gasteiger partial charge in [0.1, 0.15) is 11.1 Å². The molecule has 2 aromatic carbocycles. The van der Waals surface area contributed by atoms with E-state index in [4.69, 9.17) is 16.9 Å². The summed E-state index contributed by atoms with van der Waals surface area (Å²) in [5.74, 6) is -0.270. The lowest BCUT2D eigenvalue weighted by Crippen LogP contribution is -2.23. The van der Waals surface area contributed by atoms with E-state index in [1.807, 2.05) is 19.1 Å². The topological polar surface area (TPSA) is 87.8 Å². The van der Waals surface area contributed by atoms with Gasteiger partial charge >= 0.3 is 0 Å². The number of rotatable bonds is 5. The van der Waals surface area contributed by atoms with Crippen LogP contribution in [0.4, 0.5) is 5.00 Å². The van der Waals surface area contributed by atoms with Gasteiger partial charge in [-0.1, -0.05) is 41.6 Å². The Kier molecular flexibility index (Phi) is 6.09. The number of nitriles is 1. The van der Waals surface area contributed by atoms with Crippen molar-refractivity contribution in [3.05, 3.63) is 80.4 Å². The van der Waals surface area contributed by atoms with Crippen molar-refractivity contribution in [2.75, 3.05) is 11.1 Å². The molecule has 0 aliphatic carbocycles. The average Bonchev–Trinajstić information content (AvgIpc) is 3.22.